The first-order valence-corrected chi connectivity index (χ1v) is 4.27. The van der Waals surface area contributed by atoms with Crippen LogP contribution in [0.3, 0.4) is 0 Å². The van der Waals surface area contributed by atoms with Gasteiger partial charge in [0.25, 0.3) is 0 Å². The van der Waals surface area contributed by atoms with Crippen molar-refractivity contribution in [2.24, 2.45) is 0 Å². The number of hydrogen-bond acceptors (Lipinski definition) is 3. The SMILES string of the molecule is N#CCOc1cccc2c1NCC2. The maximum Gasteiger partial charge on any atom is 0.174 e. The number of ether oxygens (including phenoxy) is 1. The molecule has 1 heterocycles. The van der Waals surface area contributed by atoms with Crippen molar-refractivity contribution < 1.29 is 4.74 Å². The van der Waals surface area contributed by atoms with Gasteiger partial charge in [0.1, 0.15) is 11.8 Å². The summed E-state index contributed by atoms with van der Waals surface area (Å²) in [6.07, 6.45) is 1.04. The Morgan fingerprint density at radius 1 is 1.54 bits per heavy atom. The molecule has 0 spiro atoms. The van der Waals surface area contributed by atoms with E-state index in [9.17, 15) is 0 Å². The fourth-order valence-electron chi connectivity index (χ4n) is 1.54. The van der Waals surface area contributed by atoms with Gasteiger partial charge in [0.2, 0.25) is 0 Å². The third kappa shape index (κ3) is 1.43. The number of fused-ring (bicyclic) bond motifs is 1. The van der Waals surface area contributed by atoms with Crippen LogP contribution in [0.15, 0.2) is 18.2 Å². The summed E-state index contributed by atoms with van der Waals surface area (Å²) < 4.78 is 5.27. The van der Waals surface area contributed by atoms with Gasteiger partial charge in [0.15, 0.2) is 6.61 Å². The summed E-state index contributed by atoms with van der Waals surface area (Å²) in [5.41, 5.74) is 2.33. The molecule has 0 unspecified atom stereocenters. The molecule has 1 N–H and O–H groups in total. The molecule has 1 aliphatic rings. The second-order valence-corrected chi connectivity index (χ2v) is 2.91. The highest BCUT2D eigenvalue weighted by molar-refractivity contribution is 5.65. The Kier molecular flexibility index (Phi) is 2.05. The van der Waals surface area contributed by atoms with E-state index >= 15 is 0 Å². The highest BCUT2D eigenvalue weighted by Gasteiger charge is 2.13. The van der Waals surface area contributed by atoms with Crippen LogP contribution >= 0.6 is 0 Å². The summed E-state index contributed by atoms with van der Waals surface area (Å²) in [5, 5.41) is 11.6. The van der Waals surface area contributed by atoms with E-state index in [1.807, 2.05) is 18.2 Å². The first-order valence-electron chi connectivity index (χ1n) is 4.27. The molecule has 66 valence electrons. The van der Waals surface area contributed by atoms with Crippen LogP contribution in [0.1, 0.15) is 5.56 Å². The normalized spacial score (nSPS) is 12.8. The minimum Gasteiger partial charge on any atom is -0.477 e. The lowest BCUT2D eigenvalue weighted by Gasteiger charge is -2.07. The van der Waals surface area contributed by atoms with Gasteiger partial charge in [-0.15, -0.1) is 0 Å². The second-order valence-electron chi connectivity index (χ2n) is 2.91. The van der Waals surface area contributed by atoms with Crippen LogP contribution in [0.4, 0.5) is 5.69 Å². The van der Waals surface area contributed by atoms with Crippen LogP contribution in [0, 0.1) is 11.3 Å². The van der Waals surface area contributed by atoms with Gasteiger partial charge in [0.05, 0.1) is 5.69 Å². The molecule has 2 rings (SSSR count). The smallest absolute Gasteiger partial charge is 0.174 e. The molecule has 0 aromatic heterocycles. The molecule has 0 aliphatic carbocycles. The molecule has 0 fully saturated rings. The number of benzene rings is 1. The third-order valence-electron chi connectivity index (χ3n) is 2.10. The Morgan fingerprint density at radius 3 is 3.31 bits per heavy atom. The zero-order valence-electron chi connectivity index (χ0n) is 7.21. The number of hydrogen-bond donors (Lipinski definition) is 1. The van der Waals surface area contributed by atoms with Gasteiger partial charge >= 0.3 is 0 Å². The van der Waals surface area contributed by atoms with Gasteiger partial charge in [-0.3, -0.25) is 0 Å². The minimum atomic E-state index is 0.109. The van der Waals surface area contributed by atoms with E-state index in [2.05, 4.69) is 11.4 Å². The van der Waals surface area contributed by atoms with Gasteiger partial charge in [-0.05, 0) is 18.1 Å². The van der Waals surface area contributed by atoms with E-state index in [1.54, 1.807) is 0 Å². The molecule has 3 nitrogen and oxygen atoms in total. The molecule has 0 saturated heterocycles. The maximum absolute atomic E-state index is 8.38. The lowest BCUT2D eigenvalue weighted by molar-refractivity contribution is 0.370. The summed E-state index contributed by atoms with van der Waals surface area (Å²) in [6, 6.07) is 7.88. The van der Waals surface area contributed by atoms with Crippen LogP contribution in [0.5, 0.6) is 5.75 Å². The molecule has 0 saturated carbocycles. The number of nitrogens with zero attached hydrogens (tertiary/aromatic N) is 1. The van der Waals surface area contributed by atoms with E-state index in [0.29, 0.717) is 0 Å². The molecule has 0 bridgehead atoms. The molecule has 1 aromatic carbocycles. The van der Waals surface area contributed by atoms with Crippen molar-refractivity contribution in [3.8, 4) is 11.8 Å². The zero-order valence-corrected chi connectivity index (χ0v) is 7.21. The Labute approximate surface area is 76.9 Å². The zero-order chi connectivity index (χ0) is 9.10. The molecule has 1 aliphatic heterocycles. The standard InChI is InChI=1S/C10H10N2O/c11-5-7-13-9-3-1-2-8-4-6-12-10(8)9/h1-3,12H,4,6-7H2. The molecule has 13 heavy (non-hydrogen) atoms. The van der Waals surface area contributed by atoms with E-state index in [1.165, 1.54) is 5.56 Å². The van der Waals surface area contributed by atoms with E-state index in [0.717, 1.165) is 24.4 Å². The first kappa shape index (κ1) is 7.93. The van der Waals surface area contributed by atoms with Crippen LogP contribution in [-0.4, -0.2) is 13.2 Å². The fraction of sp³-hybridized carbons (Fsp3) is 0.300. The van der Waals surface area contributed by atoms with E-state index in [-0.39, 0.29) is 6.61 Å². The quantitative estimate of drug-likeness (QED) is 0.740. The maximum atomic E-state index is 8.38. The Bertz CT molecular complexity index is 354. The van der Waals surface area contributed by atoms with Gasteiger partial charge in [-0.2, -0.15) is 5.26 Å². The van der Waals surface area contributed by atoms with Crippen molar-refractivity contribution >= 4 is 5.69 Å². The van der Waals surface area contributed by atoms with Crippen molar-refractivity contribution in [1.29, 1.82) is 5.26 Å². The highest BCUT2D eigenvalue weighted by atomic mass is 16.5. The summed E-state index contributed by atoms with van der Waals surface area (Å²) in [7, 11) is 0. The lowest BCUT2D eigenvalue weighted by Crippen LogP contribution is -1.98. The van der Waals surface area contributed by atoms with Gasteiger partial charge in [-0.25, -0.2) is 0 Å². The first-order chi connectivity index (χ1) is 6.42. The Morgan fingerprint density at radius 2 is 2.46 bits per heavy atom. The van der Waals surface area contributed by atoms with Crippen molar-refractivity contribution in [2.75, 3.05) is 18.5 Å². The van der Waals surface area contributed by atoms with E-state index in [4.69, 9.17) is 10.00 Å². The molecule has 0 radical (unpaired) electrons. The van der Waals surface area contributed by atoms with Crippen LogP contribution in [0.25, 0.3) is 0 Å². The molecule has 0 atom stereocenters. The topological polar surface area (TPSA) is 45.0 Å². The van der Waals surface area contributed by atoms with Crippen molar-refractivity contribution in [3.63, 3.8) is 0 Å². The van der Waals surface area contributed by atoms with Gasteiger partial charge < -0.3 is 10.1 Å². The molecular weight excluding hydrogens is 164 g/mol. The number of para-hydroxylation sites is 1. The van der Waals surface area contributed by atoms with Gasteiger partial charge in [0, 0.05) is 6.54 Å². The van der Waals surface area contributed by atoms with Crippen LogP contribution in [-0.2, 0) is 6.42 Å². The Hall–Kier alpha value is -1.69. The van der Waals surface area contributed by atoms with Crippen LogP contribution in [0.2, 0.25) is 0 Å². The summed E-state index contributed by atoms with van der Waals surface area (Å²) >= 11 is 0. The molecule has 0 amide bonds. The van der Waals surface area contributed by atoms with Crippen molar-refractivity contribution in [2.45, 2.75) is 6.42 Å². The predicted molar refractivity (Wildman–Crippen MR) is 49.7 cm³/mol. The third-order valence-corrected chi connectivity index (χ3v) is 2.10. The Balaban J connectivity index is 2.26. The largest absolute Gasteiger partial charge is 0.477 e. The monoisotopic (exact) mass is 174 g/mol. The average Bonchev–Trinajstić information content (AvgIpc) is 2.62. The van der Waals surface area contributed by atoms with Gasteiger partial charge in [-0.1, -0.05) is 12.1 Å². The van der Waals surface area contributed by atoms with Crippen molar-refractivity contribution in [3.05, 3.63) is 23.8 Å². The number of nitrogens with one attached hydrogen (secondary N) is 1. The number of nitriles is 1. The fourth-order valence-corrected chi connectivity index (χ4v) is 1.54. The molecule has 1 aromatic rings. The van der Waals surface area contributed by atoms with E-state index < -0.39 is 0 Å². The molecular formula is C10H10N2O. The van der Waals surface area contributed by atoms with Crippen molar-refractivity contribution in [1.82, 2.24) is 0 Å². The predicted octanol–water partition coefficient (Wildman–Crippen LogP) is 1.56. The lowest BCUT2D eigenvalue weighted by atomic mass is 10.1. The summed E-state index contributed by atoms with van der Waals surface area (Å²) in [5.74, 6) is 0.788. The number of rotatable bonds is 2. The number of anilines is 1. The summed E-state index contributed by atoms with van der Waals surface area (Å²) in [4.78, 5) is 0. The minimum absolute atomic E-state index is 0.109. The summed E-state index contributed by atoms with van der Waals surface area (Å²) in [6.45, 7) is 1.07. The highest BCUT2D eigenvalue weighted by Crippen LogP contribution is 2.32. The second kappa shape index (κ2) is 3.36. The molecule has 3 heteroatoms. The van der Waals surface area contributed by atoms with Crippen LogP contribution < -0.4 is 10.1 Å². The average molecular weight is 174 g/mol.